The molecule has 1 aliphatic rings. The van der Waals surface area contributed by atoms with Gasteiger partial charge in [-0.2, -0.15) is 11.8 Å². The van der Waals surface area contributed by atoms with Gasteiger partial charge in [-0.15, -0.1) is 11.3 Å². The van der Waals surface area contributed by atoms with Crippen LogP contribution in [0.1, 0.15) is 28.2 Å². The van der Waals surface area contributed by atoms with E-state index in [1.807, 2.05) is 11.8 Å². The van der Waals surface area contributed by atoms with Gasteiger partial charge in [0.25, 0.3) is 0 Å². The second kappa shape index (κ2) is 5.05. The molecule has 0 bridgehead atoms. The van der Waals surface area contributed by atoms with Crippen LogP contribution < -0.4 is 5.32 Å². The van der Waals surface area contributed by atoms with Crippen molar-refractivity contribution in [2.75, 3.05) is 16.8 Å². The molecule has 0 aromatic carbocycles. The number of hydrogen-bond acceptors (Lipinski definition) is 5. The molecule has 4 nitrogen and oxygen atoms in total. The molecule has 2 rings (SSSR count). The average molecular weight is 258 g/mol. The number of anilines is 1. The molecule has 16 heavy (non-hydrogen) atoms. The van der Waals surface area contributed by atoms with Crippen LogP contribution in [0, 0.1) is 6.92 Å². The maximum Gasteiger partial charge on any atom is 0.355 e. The maximum atomic E-state index is 10.8. The van der Waals surface area contributed by atoms with Gasteiger partial charge >= 0.3 is 5.97 Å². The van der Waals surface area contributed by atoms with Gasteiger partial charge in [-0.3, -0.25) is 0 Å². The molecule has 0 amide bonds. The van der Waals surface area contributed by atoms with Crippen molar-refractivity contribution in [2.45, 2.75) is 25.8 Å². The minimum Gasteiger partial charge on any atom is -0.476 e. The van der Waals surface area contributed by atoms with Crippen LogP contribution >= 0.6 is 23.1 Å². The van der Waals surface area contributed by atoms with Crippen molar-refractivity contribution in [3.05, 3.63) is 10.6 Å². The number of nitrogens with zero attached hydrogens (tertiary/aromatic N) is 1. The monoisotopic (exact) mass is 258 g/mol. The summed E-state index contributed by atoms with van der Waals surface area (Å²) < 4.78 is 0. The smallest absolute Gasteiger partial charge is 0.355 e. The van der Waals surface area contributed by atoms with Crippen LogP contribution in [0.15, 0.2) is 0 Å². The Balaban J connectivity index is 2.03. The molecule has 2 N–H and O–H groups in total. The van der Waals surface area contributed by atoms with Gasteiger partial charge in [0.05, 0.1) is 0 Å². The SMILES string of the molecule is Cc1sc(NC2CCCSC2)nc1C(=O)O. The van der Waals surface area contributed by atoms with Crippen LogP contribution in [0.5, 0.6) is 0 Å². The van der Waals surface area contributed by atoms with E-state index in [1.165, 1.54) is 23.5 Å². The third-order valence-electron chi connectivity index (χ3n) is 2.49. The third-order valence-corrected chi connectivity index (χ3v) is 4.60. The highest BCUT2D eigenvalue weighted by atomic mass is 32.2. The summed E-state index contributed by atoms with van der Waals surface area (Å²) in [4.78, 5) is 15.7. The lowest BCUT2D eigenvalue weighted by Crippen LogP contribution is -2.25. The van der Waals surface area contributed by atoms with Crippen molar-refractivity contribution in [2.24, 2.45) is 0 Å². The molecule has 0 spiro atoms. The van der Waals surface area contributed by atoms with Crippen molar-refractivity contribution >= 4 is 34.2 Å². The van der Waals surface area contributed by atoms with Crippen LogP contribution in [-0.2, 0) is 0 Å². The average Bonchev–Trinajstić information content (AvgIpc) is 2.61. The quantitative estimate of drug-likeness (QED) is 0.872. The number of rotatable bonds is 3. The van der Waals surface area contributed by atoms with Crippen LogP contribution in [0.4, 0.5) is 5.13 Å². The van der Waals surface area contributed by atoms with E-state index in [-0.39, 0.29) is 5.69 Å². The first-order chi connectivity index (χ1) is 7.66. The second-order valence-corrected chi connectivity index (χ2v) is 6.14. The van der Waals surface area contributed by atoms with Gasteiger partial charge in [0.2, 0.25) is 0 Å². The third kappa shape index (κ3) is 2.68. The molecule has 1 fully saturated rings. The first-order valence-electron chi connectivity index (χ1n) is 5.22. The molecular formula is C10H14N2O2S2. The number of aromatic nitrogens is 1. The van der Waals surface area contributed by atoms with E-state index in [2.05, 4.69) is 10.3 Å². The maximum absolute atomic E-state index is 10.8. The molecule has 0 radical (unpaired) electrons. The van der Waals surface area contributed by atoms with Crippen molar-refractivity contribution in [3.8, 4) is 0 Å². The molecule has 6 heteroatoms. The predicted octanol–water partition coefficient (Wildman–Crippen LogP) is 2.46. The van der Waals surface area contributed by atoms with Gasteiger partial charge in [0.1, 0.15) is 0 Å². The highest BCUT2D eigenvalue weighted by molar-refractivity contribution is 7.99. The fourth-order valence-electron chi connectivity index (χ4n) is 1.69. The lowest BCUT2D eigenvalue weighted by atomic mass is 10.2. The zero-order chi connectivity index (χ0) is 11.5. The van der Waals surface area contributed by atoms with Gasteiger partial charge in [-0.05, 0) is 25.5 Å². The number of aryl methyl sites for hydroxylation is 1. The zero-order valence-corrected chi connectivity index (χ0v) is 10.7. The minimum absolute atomic E-state index is 0.177. The number of carbonyl (C=O) groups is 1. The van der Waals surface area contributed by atoms with E-state index >= 15 is 0 Å². The number of aromatic carboxylic acids is 1. The molecule has 2 heterocycles. The summed E-state index contributed by atoms with van der Waals surface area (Å²) in [6.45, 7) is 1.79. The Hall–Kier alpha value is -0.750. The Kier molecular flexibility index (Phi) is 3.70. The number of hydrogen-bond donors (Lipinski definition) is 2. The lowest BCUT2D eigenvalue weighted by Gasteiger charge is -2.21. The van der Waals surface area contributed by atoms with Gasteiger partial charge in [0.15, 0.2) is 10.8 Å². The largest absolute Gasteiger partial charge is 0.476 e. The Morgan fingerprint density at radius 1 is 1.62 bits per heavy atom. The van der Waals surface area contributed by atoms with Gasteiger partial charge in [-0.25, -0.2) is 9.78 Å². The Labute approximate surface area is 102 Å². The summed E-state index contributed by atoms with van der Waals surface area (Å²) >= 11 is 3.36. The molecule has 0 saturated carbocycles. The molecule has 88 valence electrons. The van der Waals surface area contributed by atoms with E-state index in [9.17, 15) is 4.79 Å². The van der Waals surface area contributed by atoms with Gasteiger partial charge < -0.3 is 10.4 Å². The molecule has 0 aliphatic carbocycles. The summed E-state index contributed by atoms with van der Waals surface area (Å²) in [5.41, 5.74) is 0.177. The summed E-state index contributed by atoms with van der Waals surface area (Å²) in [7, 11) is 0. The molecule has 1 aromatic heterocycles. The summed E-state index contributed by atoms with van der Waals surface area (Å²) in [6, 6.07) is 0.436. The van der Waals surface area contributed by atoms with E-state index in [0.29, 0.717) is 6.04 Å². The fourth-order valence-corrected chi connectivity index (χ4v) is 3.64. The Morgan fingerprint density at radius 3 is 3.00 bits per heavy atom. The van der Waals surface area contributed by atoms with E-state index in [1.54, 1.807) is 6.92 Å². The predicted molar refractivity (Wildman–Crippen MR) is 67.8 cm³/mol. The molecule has 1 saturated heterocycles. The first kappa shape index (κ1) is 11.7. The van der Waals surface area contributed by atoms with Gasteiger partial charge in [-0.1, -0.05) is 0 Å². The van der Waals surface area contributed by atoms with Crippen molar-refractivity contribution in [1.82, 2.24) is 4.98 Å². The highest BCUT2D eigenvalue weighted by Crippen LogP contribution is 2.26. The van der Waals surface area contributed by atoms with E-state index < -0.39 is 5.97 Å². The van der Waals surface area contributed by atoms with Crippen molar-refractivity contribution < 1.29 is 9.90 Å². The molecule has 1 atom stereocenters. The molecule has 1 unspecified atom stereocenters. The zero-order valence-electron chi connectivity index (χ0n) is 9.02. The minimum atomic E-state index is -0.945. The van der Waals surface area contributed by atoms with Crippen molar-refractivity contribution in [3.63, 3.8) is 0 Å². The number of thioether (sulfide) groups is 1. The van der Waals surface area contributed by atoms with Crippen LogP contribution in [0.2, 0.25) is 0 Å². The second-order valence-electron chi connectivity index (χ2n) is 3.79. The lowest BCUT2D eigenvalue weighted by molar-refractivity contribution is 0.0690. The summed E-state index contributed by atoms with van der Waals surface area (Å²) in [5.74, 6) is 1.37. The van der Waals surface area contributed by atoms with Crippen LogP contribution in [0.25, 0.3) is 0 Å². The number of carboxylic acid groups (broad SMARTS) is 1. The van der Waals surface area contributed by atoms with E-state index in [0.717, 1.165) is 22.2 Å². The Morgan fingerprint density at radius 2 is 2.44 bits per heavy atom. The molecular weight excluding hydrogens is 244 g/mol. The fraction of sp³-hybridized carbons (Fsp3) is 0.600. The number of thiazole rings is 1. The molecule has 1 aliphatic heterocycles. The first-order valence-corrected chi connectivity index (χ1v) is 7.19. The normalized spacial score (nSPS) is 20.7. The van der Waals surface area contributed by atoms with Crippen LogP contribution in [-0.4, -0.2) is 33.6 Å². The summed E-state index contributed by atoms with van der Waals surface area (Å²) in [6.07, 6.45) is 2.37. The van der Waals surface area contributed by atoms with E-state index in [4.69, 9.17) is 5.11 Å². The van der Waals surface area contributed by atoms with Crippen LogP contribution in [0.3, 0.4) is 0 Å². The van der Waals surface area contributed by atoms with Gasteiger partial charge in [0, 0.05) is 16.7 Å². The standard InChI is InChI=1S/C10H14N2O2S2/c1-6-8(9(13)14)12-10(16-6)11-7-3-2-4-15-5-7/h7H,2-5H2,1H3,(H,11,12)(H,13,14). The Bertz CT molecular complexity index is 386. The van der Waals surface area contributed by atoms with Crippen molar-refractivity contribution in [1.29, 1.82) is 0 Å². The summed E-state index contributed by atoms with van der Waals surface area (Å²) in [5, 5.41) is 13.0. The molecule has 1 aromatic rings. The number of nitrogens with one attached hydrogen (secondary N) is 1. The highest BCUT2D eigenvalue weighted by Gasteiger charge is 2.18. The number of carboxylic acids is 1. The topological polar surface area (TPSA) is 62.2 Å².